The summed E-state index contributed by atoms with van der Waals surface area (Å²) >= 11 is 0. The van der Waals surface area contributed by atoms with Gasteiger partial charge in [-0.25, -0.2) is 9.48 Å². The molecule has 0 aliphatic heterocycles. The lowest BCUT2D eigenvalue weighted by Gasteiger charge is -2.20. The Hall–Kier alpha value is -2.32. The van der Waals surface area contributed by atoms with Gasteiger partial charge >= 0.3 is 12.1 Å². The van der Waals surface area contributed by atoms with Crippen molar-refractivity contribution in [3.05, 3.63) is 33.9 Å². The van der Waals surface area contributed by atoms with Gasteiger partial charge in [0.1, 0.15) is 0 Å². The molecule has 0 radical (unpaired) electrons. The van der Waals surface area contributed by atoms with E-state index in [1.54, 1.807) is 20.8 Å². The molecule has 0 aliphatic rings. The lowest BCUT2D eigenvalue weighted by atomic mass is 10.0. The molecule has 6 nitrogen and oxygen atoms in total. The number of methoxy groups -OCH3 is 1. The molecule has 1 unspecified atom stereocenters. The zero-order valence-corrected chi connectivity index (χ0v) is 14.5. The average molecular weight is 362 g/mol. The number of esters is 1. The fourth-order valence-electron chi connectivity index (χ4n) is 2.14. The Labute approximate surface area is 143 Å². The van der Waals surface area contributed by atoms with Crippen LogP contribution < -0.4 is 5.56 Å². The lowest BCUT2D eigenvalue weighted by molar-refractivity contribution is -0.145. The van der Waals surface area contributed by atoms with Gasteiger partial charge in [0.25, 0.3) is 5.56 Å². The summed E-state index contributed by atoms with van der Waals surface area (Å²) in [6.45, 7) is 5.54. The Morgan fingerprint density at radius 1 is 1.40 bits per heavy atom. The van der Waals surface area contributed by atoms with E-state index in [4.69, 9.17) is 4.74 Å². The van der Waals surface area contributed by atoms with Crippen molar-refractivity contribution in [1.82, 2.24) is 9.78 Å². The zero-order chi connectivity index (χ0) is 19.2. The van der Waals surface area contributed by atoms with E-state index < -0.39 is 35.0 Å². The minimum atomic E-state index is -4.77. The van der Waals surface area contributed by atoms with Crippen molar-refractivity contribution in [1.29, 1.82) is 0 Å². The minimum absolute atomic E-state index is 0.0116. The molecule has 0 saturated carbocycles. The summed E-state index contributed by atoms with van der Waals surface area (Å²) in [5.41, 5.74) is -2.74. The highest BCUT2D eigenvalue weighted by atomic mass is 19.4. The van der Waals surface area contributed by atoms with Crippen molar-refractivity contribution in [3.63, 3.8) is 0 Å². The molecule has 0 amide bonds. The molecule has 9 heteroatoms. The van der Waals surface area contributed by atoms with Gasteiger partial charge in [0.15, 0.2) is 6.04 Å². The predicted octanol–water partition coefficient (Wildman–Crippen LogP) is 3.03. The molecule has 1 atom stereocenters. The van der Waals surface area contributed by atoms with Crippen molar-refractivity contribution in [2.75, 3.05) is 13.7 Å². The quantitative estimate of drug-likeness (QED) is 0.551. The fraction of sp³-hybridized carbons (Fsp3) is 0.562. The molecule has 0 aromatic carbocycles. The molecule has 0 fully saturated rings. The van der Waals surface area contributed by atoms with Crippen molar-refractivity contribution in [2.24, 2.45) is 5.92 Å². The van der Waals surface area contributed by atoms with Crippen LogP contribution in [0.25, 0.3) is 6.08 Å². The zero-order valence-electron chi connectivity index (χ0n) is 14.5. The number of aromatic nitrogens is 2. The van der Waals surface area contributed by atoms with E-state index in [9.17, 15) is 22.8 Å². The number of halogens is 3. The van der Waals surface area contributed by atoms with Crippen molar-refractivity contribution in [2.45, 2.75) is 39.4 Å². The first-order valence-electron chi connectivity index (χ1n) is 7.68. The van der Waals surface area contributed by atoms with Crippen LogP contribution in [0, 0.1) is 5.92 Å². The summed E-state index contributed by atoms with van der Waals surface area (Å²) in [7, 11) is 1.14. The van der Waals surface area contributed by atoms with E-state index in [1.165, 1.54) is 0 Å². The Morgan fingerprint density at radius 3 is 2.52 bits per heavy atom. The molecule has 0 spiro atoms. The van der Waals surface area contributed by atoms with Gasteiger partial charge in [-0.15, -0.1) is 0 Å². The Balaban J connectivity index is 3.52. The molecule has 0 saturated heterocycles. The van der Waals surface area contributed by atoms with Crippen molar-refractivity contribution < 1.29 is 27.4 Å². The molecule has 1 aromatic heterocycles. The number of ether oxygens (including phenoxy) is 2. The fourth-order valence-corrected chi connectivity index (χ4v) is 2.14. The lowest BCUT2D eigenvalue weighted by Crippen LogP contribution is -2.35. The van der Waals surface area contributed by atoms with Gasteiger partial charge in [0.2, 0.25) is 0 Å². The maximum Gasteiger partial charge on any atom is 0.418 e. The number of hydrogen-bond donors (Lipinski definition) is 0. The maximum atomic E-state index is 13.2. The van der Waals surface area contributed by atoms with Crippen LogP contribution in [0.3, 0.4) is 0 Å². The highest BCUT2D eigenvalue weighted by Crippen LogP contribution is 2.31. The van der Waals surface area contributed by atoms with Crippen LogP contribution in [0.5, 0.6) is 0 Å². The van der Waals surface area contributed by atoms with E-state index in [1.807, 2.05) is 0 Å². The van der Waals surface area contributed by atoms with E-state index in [2.05, 4.69) is 9.84 Å². The third-order valence-electron chi connectivity index (χ3n) is 3.24. The Morgan fingerprint density at radius 2 is 2.04 bits per heavy atom. The Bertz CT molecular complexity index is 681. The van der Waals surface area contributed by atoms with Crippen LogP contribution in [0.1, 0.15) is 44.5 Å². The second kappa shape index (κ2) is 8.68. The van der Waals surface area contributed by atoms with Crippen LogP contribution in [0.15, 0.2) is 17.1 Å². The number of hydrogen-bond acceptors (Lipinski definition) is 5. The molecular weight excluding hydrogens is 341 g/mol. The molecule has 1 heterocycles. The second-order valence-electron chi connectivity index (χ2n) is 5.65. The van der Waals surface area contributed by atoms with Crippen LogP contribution in [-0.4, -0.2) is 29.5 Å². The predicted molar refractivity (Wildman–Crippen MR) is 84.7 cm³/mol. The number of carbonyl (C=O) groups excluding carboxylic acids is 1. The molecular formula is C16H21F3N2O4. The van der Waals surface area contributed by atoms with Crippen LogP contribution in [-0.2, 0) is 20.4 Å². The van der Waals surface area contributed by atoms with Crippen LogP contribution >= 0.6 is 0 Å². The summed E-state index contributed by atoms with van der Waals surface area (Å²) in [5, 5.41) is 3.75. The molecule has 0 N–H and O–H groups in total. The van der Waals surface area contributed by atoms with E-state index in [0.29, 0.717) is 6.07 Å². The third kappa shape index (κ3) is 5.61. The first-order chi connectivity index (χ1) is 11.6. The largest absolute Gasteiger partial charge is 0.501 e. The van der Waals surface area contributed by atoms with E-state index in [0.717, 1.165) is 24.1 Å². The third-order valence-corrected chi connectivity index (χ3v) is 3.24. The van der Waals surface area contributed by atoms with E-state index in [-0.39, 0.29) is 18.9 Å². The first kappa shape index (κ1) is 20.7. The van der Waals surface area contributed by atoms with Gasteiger partial charge in [-0.05, 0) is 19.3 Å². The van der Waals surface area contributed by atoms with Crippen molar-refractivity contribution in [3.8, 4) is 0 Å². The first-order valence-corrected chi connectivity index (χ1v) is 7.68. The molecule has 1 rings (SSSR count). The highest BCUT2D eigenvalue weighted by Gasteiger charge is 2.36. The van der Waals surface area contributed by atoms with Gasteiger partial charge in [0, 0.05) is 12.1 Å². The number of nitrogens with zero attached hydrogens (tertiary/aromatic N) is 2. The Kier molecular flexibility index (Phi) is 7.20. The smallest absolute Gasteiger partial charge is 0.418 e. The molecule has 25 heavy (non-hydrogen) atoms. The van der Waals surface area contributed by atoms with Gasteiger partial charge in [-0.2, -0.15) is 18.3 Å². The minimum Gasteiger partial charge on any atom is -0.501 e. The number of alkyl halides is 3. The number of carbonyl (C=O) groups is 1. The molecule has 140 valence electrons. The highest BCUT2D eigenvalue weighted by molar-refractivity contribution is 5.74. The van der Waals surface area contributed by atoms with Crippen LogP contribution in [0.2, 0.25) is 0 Å². The van der Waals surface area contributed by atoms with Gasteiger partial charge in [-0.1, -0.05) is 13.8 Å². The monoisotopic (exact) mass is 362 g/mol. The molecule has 0 aliphatic carbocycles. The summed E-state index contributed by atoms with van der Waals surface area (Å²) in [6, 6.07) is -0.687. The topological polar surface area (TPSA) is 70.4 Å². The summed E-state index contributed by atoms with van der Waals surface area (Å²) in [6.07, 6.45) is -2.51. The summed E-state index contributed by atoms with van der Waals surface area (Å²) in [5.74, 6) is -0.759. The summed E-state index contributed by atoms with van der Waals surface area (Å²) < 4.78 is 49.7. The van der Waals surface area contributed by atoms with Crippen LogP contribution in [0.4, 0.5) is 13.2 Å². The van der Waals surface area contributed by atoms with Gasteiger partial charge in [-0.3, -0.25) is 4.79 Å². The second-order valence-corrected chi connectivity index (χ2v) is 5.65. The maximum absolute atomic E-state index is 13.2. The molecule has 1 aromatic rings. The molecule has 0 bridgehead atoms. The normalized spacial score (nSPS) is 13.3. The van der Waals surface area contributed by atoms with Crippen molar-refractivity contribution >= 4 is 12.0 Å². The summed E-state index contributed by atoms with van der Waals surface area (Å²) in [4.78, 5) is 24.1. The SMILES string of the molecule is CCOC=Cc1nn(C(CC(C)C)C(=O)OC)c(=O)cc1C(F)(F)F. The van der Waals surface area contributed by atoms with Gasteiger partial charge < -0.3 is 9.47 Å². The van der Waals surface area contributed by atoms with Gasteiger partial charge in [0.05, 0.1) is 31.2 Å². The average Bonchev–Trinajstić information content (AvgIpc) is 2.52. The standard InChI is InChI=1S/C16H21F3N2O4/c1-5-25-7-6-12-11(16(17,18)19)9-14(22)21(20-12)13(8-10(2)3)15(23)24-4/h6-7,9-10,13H,5,8H2,1-4H3. The van der Waals surface area contributed by atoms with E-state index >= 15 is 0 Å². The number of rotatable bonds is 7.